The summed E-state index contributed by atoms with van der Waals surface area (Å²) < 4.78 is 19.0. The topological polar surface area (TPSA) is 35.2 Å². The molecule has 2 N–H and O–H groups in total. The Bertz CT molecular complexity index is 592. The molecule has 1 unspecified atom stereocenters. The van der Waals surface area contributed by atoms with Crippen molar-refractivity contribution in [3.05, 3.63) is 59.4 Å². The summed E-state index contributed by atoms with van der Waals surface area (Å²) in [6.45, 7) is 0.892. The number of fused-ring (bicyclic) bond motifs is 1. The third-order valence-electron chi connectivity index (χ3n) is 3.38. The van der Waals surface area contributed by atoms with Crippen LogP contribution in [0.2, 0.25) is 0 Å². The smallest absolute Gasteiger partial charge is 0.124 e. The van der Waals surface area contributed by atoms with Crippen LogP contribution in [-0.2, 0) is 13.0 Å². The average molecular weight is 289 g/mol. The highest BCUT2D eigenvalue weighted by atomic mass is 32.2. The van der Waals surface area contributed by atoms with Crippen molar-refractivity contribution in [2.75, 3.05) is 6.61 Å². The number of halogens is 1. The predicted molar refractivity (Wildman–Crippen MR) is 79.6 cm³/mol. The van der Waals surface area contributed by atoms with Crippen molar-refractivity contribution in [3.63, 3.8) is 0 Å². The summed E-state index contributed by atoms with van der Waals surface area (Å²) in [7, 11) is 0. The summed E-state index contributed by atoms with van der Waals surface area (Å²) in [5, 5.41) is 0.406. The van der Waals surface area contributed by atoms with Crippen molar-refractivity contribution in [2.24, 2.45) is 5.73 Å². The Kier molecular flexibility index (Phi) is 3.94. The second-order valence-electron chi connectivity index (χ2n) is 4.82. The first-order chi connectivity index (χ1) is 9.76. The normalized spacial score (nSPS) is 17.0. The number of hydrogen-bond acceptors (Lipinski definition) is 3. The lowest BCUT2D eigenvalue weighted by Gasteiger charge is -2.13. The van der Waals surface area contributed by atoms with E-state index in [1.165, 1.54) is 22.6 Å². The van der Waals surface area contributed by atoms with Crippen molar-refractivity contribution >= 4 is 11.8 Å². The minimum Gasteiger partial charge on any atom is -0.492 e. The standard InChI is InChI=1S/C16H16FNOS/c17-13-5-6-15(12(7-13)9-18)19-10-14-8-11-3-1-2-4-16(11)20-14/h1-7,14H,8-10,18H2. The zero-order valence-corrected chi connectivity index (χ0v) is 11.8. The van der Waals surface area contributed by atoms with Gasteiger partial charge < -0.3 is 10.5 Å². The molecule has 0 saturated carbocycles. The van der Waals surface area contributed by atoms with Crippen LogP contribution < -0.4 is 10.5 Å². The van der Waals surface area contributed by atoms with E-state index >= 15 is 0 Å². The lowest BCUT2D eigenvalue weighted by atomic mass is 10.1. The van der Waals surface area contributed by atoms with Crippen LogP contribution in [0.3, 0.4) is 0 Å². The van der Waals surface area contributed by atoms with Crippen molar-refractivity contribution in [3.8, 4) is 5.75 Å². The van der Waals surface area contributed by atoms with Gasteiger partial charge in [-0.1, -0.05) is 18.2 Å². The van der Waals surface area contributed by atoms with Crippen LogP contribution in [0.4, 0.5) is 4.39 Å². The molecule has 1 atom stereocenters. The molecule has 20 heavy (non-hydrogen) atoms. The Morgan fingerprint density at radius 3 is 2.90 bits per heavy atom. The molecule has 0 saturated heterocycles. The molecule has 0 spiro atoms. The monoisotopic (exact) mass is 289 g/mol. The van der Waals surface area contributed by atoms with Gasteiger partial charge in [0.15, 0.2) is 0 Å². The largest absolute Gasteiger partial charge is 0.492 e. The van der Waals surface area contributed by atoms with Gasteiger partial charge in [-0.05, 0) is 36.2 Å². The van der Waals surface area contributed by atoms with E-state index in [0.29, 0.717) is 23.2 Å². The highest BCUT2D eigenvalue weighted by Crippen LogP contribution is 2.37. The van der Waals surface area contributed by atoms with Crippen molar-refractivity contribution in [1.82, 2.24) is 0 Å². The van der Waals surface area contributed by atoms with E-state index in [1.807, 2.05) is 11.8 Å². The molecular weight excluding hydrogens is 273 g/mol. The maximum atomic E-state index is 13.1. The minimum absolute atomic E-state index is 0.277. The third-order valence-corrected chi connectivity index (χ3v) is 4.67. The fourth-order valence-corrected chi connectivity index (χ4v) is 3.60. The van der Waals surface area contributed by atoms with E-state index in [1.54, 1.807) is 6.07 Å². The maximum Gasteiger partial charge on any atom is 0.124 e. The second-order valence-corrected chi connectivity index (χ2v) is 6.16. The summed E-state index contributed by atoms with van der Waals surface area (Å²) in [6.07, 6.45) is 1.01. The minimum atomic E-state index is -0.277. The average Bonchev–Trinajstić information content (AvgIpc) is 2.88. The van der Waals surface area contributed by atoms with Gasteiger partial charge in [0, 0.05) is 22.3 Å². The lowest BCUT2D eigenvalue weighted by Crippen LogP contribution is -2.14. The van der Waals surface area contributed by atoms with Gasteiger partial charge in [0.05, 0.1) is 0 Å². The summed E-state index contributed by atoms with van der Waals surface area (Å²) >= 11 is 1.84. The molecule has 1 heterocycles. The molecule has 2 aromatic carbocycles. The molecule has 0 aromatic heterocycles. The summed E-state index contributed by atoms with van der Waals surface area (Å²) in [4.78, 5) is 1.33. The van der Waals surface area contributed by atoms with Crippen LogP contribution >= 0.6 is 11.8 Å². The van der Waals surface area contributed by atoms with E-state index in [9.17, 15) is 4.39 Å². The molecule has 0 radical (unpaired) electrons. The van der Waals surface area contributed by atoms with Crippen LogP contribution in [0, 0.1) is 5.82 Å². The quantitative estimate of drug-likeness (QED) is 0.937. The summed E-state index contributed by atoms with van der Waals surface area (Å²) in [5.41, 5.74) is 7.71. The van der Waals surface area contributed by atoms with Crippen LogP contribution in [0.25, 0.3) is 0 Å². The SMILES string of the molecule is NCc1cc(F)ccc1OCC1Cc2ccccc2S1. The Balaban J connectivity index is 1.64. The Hall–Kier alpha value is -1.52. The van der Waals surface area contributed by atoms with Gasteiger partial charge in [0.25, 0.3) is 0 Å². The van der Waals surface area contributed by atoms with Gasteiger partial charge in [0.2, 0.25) is 0 Å². The van der Waals surface area contributed by atoms with Crippen molar-refractivity contribution < 1.29 is 9.13 Å². The summed E-state index contributed by atoms with van der Waals surface area (Å²) in [5.74, 6) is 0.408. The van der Waals surface area contributed by atoms with Gasteiger partial charge in [-0.25, -0.2) is 4.39 Å². The molecule has 2 aromatic rings. The van der Waals surface area contributed by atoms with Gasteiger partial charge in [-0.15, -0.1) is 11.8 Å². The van der Waals surface area contributed by atoms with E-state index < -0.39 is 0 Å². The van der Waals surface area contributed by atoms with Gasteiger partial charge in [0.1, 0.15) is 18.2 Å². The molecule has 0 aliphatic carbocycles. The van der Waals surface area contributed by atoms with Crippen LogP contribution in [0.5, 0.6) is 5.75 Å². The van der Waals surface area contributed by atoms with E-state index in [0.717, 1.165) is 6.42 Å². The third kappa shape index (κ3) is 2.81. The van der Waals surface area contributed by atoms with Gasteiger partial charge in [-0.3, -0.25) is 0 Å². The number of benzene rings is 2. The van der Waals surface area contributed by atoms with Crippen LogP contribution in [0.1, 0.15) is 11.1 Å². The number of hydrogen-bond donors (Lipinski definition) is 1. The fraction of sp³-hybridized carbons (Fsp3) is 0.250. The molecular formula is C16H16FNOS. The number of ether oxygens (including phenoxy) is 1. The highest BCUT2D eigenvalue weighted by molar-refractivity contribution is 8.00. The Morgan fingerprint density at radius 2 is 2.10 bits per heavy atom. The molecule has 104 valence electrons. The first kappa shape index (κ1) is 13.5. The predicted octanol–water partition coefficient (Wildman–Crippen LogP) is 3.38. The Morgan fingerprint density at radius 1 is 1.25 bits per heavy atom. The van der Waals surface area contributed by atoms with Gasteiger partial charge >= 0.3 is 0 Å². The van der Waals surface area contributed by atoms with Crippen LogP contribution in [0.15, 0.2) is 47.4 Å². The highest BCUT2D eigenvalue weighted by Gasteiger charge is 2.22. The second kappa shape index (κ2) is 5.85. The fourth-order valence-electron chi connectivity index (χ4n) is 2.38. The zero-order chi connectivity index (χ0) is 13.9. The van der Waals surface area contributed by atoms with Gasteiger partial charge in [-0.2, -0.15) is 0 Å². The molecule has 0 fully saturated rings. The van der Waals surface area contributed by atoms with Crippen LogP contribution in [-0.4, -0.2) is 11.9 Å². The number of nitrogens with two attached hydrogens (primary N) is 1. The number of thioether (sulfide) groups is 1. The molecule has 1 aliphatic heterocycles. The van der Waals surface area contributed by atoms with Crippen molar-refractivity contribution in [2.45, 2.75) is 23.1 Å². The molecule has 4 heteroatoms. The first-order valence-corrected chi connectivity index (χ1v) is 7.50. The molecule has 2 nitrogen and oxygen atoms in total. The molecule has 1 aliphatic rings. The summed E-state index contributed by atoms with van der Waals surface area (Å²) in [6, 6.07) is 12.9. The zero-order valence-electron chi connectivity index (χ0n) is 11.0. The first-order valence-electron chi connectivity index (χ1n) is 6.62. The van der Waals surface area contributed by atoms with E-state index in [-0.39, 0.29) is 12.4 Å². The van der Waals surface area contributed by atoms with E-state index in [2.05, 4.69) is 24.3 Å². The lowest BCUT2D eigenvalue weighted by molar-refractivity contribution is 0.314. The maximum absolute atomic E-state index is 13.1. The molecule has 3 rings (SSSR count). The van der Waals surface area contributed by atoms with Crippen molar-refractivity contribution in [1.29, 1.82) is 0 Å². The Labute approximate surface area is 122 Å². The van der Waals surface area contributed by atoms with E-state index in [4.69, 9.17) is 10.5 Å². The molecule has 0 amide bonds. The number of rotatable bonds is 4. The molecule has 0 bridgehead atoms.